The van der Waals surface area contributed by atoms with Crippen molar-refractivity contribution >= 4 is 17.4 Å². The second-order valence-electron chi connectivity index (χ2n) is 5.94. The van der Waals surface area contributed by atoms with Gasteiger partial charge in [-0.15, -0.1) is 0 Å². The van der Waals surface area contributed by atoms with E-state index in [9.17, 15) is 14.0 Å². The molecule has 0 aromatic heterocycles. The highest BCUT2D eigenvalue weighted by Crippen LogP contribution is 2.39. The van der Waals surface area contributed by atoms with E-state index in [-0.39, 0.29) is 41.9 Å². The van der Waals surface area contributed by atoms with Gasteiger partial charge in [0.25, 0.3) is 5.91 Å². The molecule has 0 saturated carbocycles. The Bertz CT molecular complexity index is 789. The van der Waals surface area contributed by atoms with Crippen molar-refractivity contribution in [2.75, 3.05) is 18.6 Å². The Labute approximate surface area is 139 Å². The van der Waals surface area contributed by atoms with Crippen LogP contribution in [0.5, 0.6) is 5.75 Å². The van der Waals surface area contributed by atoms with E-state index in [1.54, 1.807) is 7.05 Å². The number of carbonyl (C=O) groups excluding carboxylic acids is 2. The molecular weight excluding hydrogens is 309 g/mol. The van der Waals surface area contributed by atoms with Gasteiger partial charge in [0.05, 0.1) is 5.56 Å². The van der Waals surface area contributed by atoms with Crippen molar-refractivity contribution in [3.63, 3.8) is 0 Å². The lowest BCUT2D eigenvalue weighted by atomic mass is 10.0. The molecule has 1 unspecified atom stereocenters. The lowest BCUT2D eigenvalue weighted by Gasteiger charge is -2.18. The van der Waals surface area contributed by atoms with Gasteiger partial charge in [0.2, 0.25) is 0 Å². The molecule has 0 fully saturated rings. The van der Waals surface area contributed by atoms with Crippen LogP contribution < -0.4 is 9.64 Å². The van der Waals surface area contributed by atoms with Crippen LogP contribution in [0.2, 0.25) is 0 Å². The Morgan fingerprint density at radius 2 is 1.96 bits per heavy atom. The van der Waals surface area contributed by atoms with Gasteiger partial charge in [0.15, 0.2) is 12.4 Å². The van der Waals surface area contributed by atoms with Crippen molar-refractivity contribution in [1.29, 1.82) is 0 Å². The molecule has 0 N–H and O–H groups in total. The standard InChI is InChI=1S/C19H18FNO3/c1-12-10-15(22)19-16(9-8-14(20)18(12)19)24-11-17(23)21(2)13-6-4-3-5-7-13/h3-9,12H,10-11H2,1-2H3. The van der Waals surface area contributed by atoms with Gasteiger partial charge in [0.1, 0.15) is 11.6 Å². The topological polar surface area (TPSA) is 46.6 Å². The second kappa shape index (κ2) is 6.43. The monoisotopic (exact) mass is 327 g/mol. The van der Waals surface area contributed by atoms with Gasteiger partial charge < -0.3 is 9.64 Å². The number of carbonyl (C=O) groups is 2. The van der Waals surface area contributed by atoms with E-state index >= 15 is 0 Å². The minimum Gasteiger partial charge on any atom is -0.483 e. The van der Waals surface area contributed by atoms with Gasteiger partial charge in [-0.2, -0.15) is 0 Å². The molecule has 3 rings (SSSR count). The predicted molar refractivity (Wildman–Crippen MR) is 89.1 cm³/mol. The molecule has 4 nitrogen and oxygen atoms in total. The van der Waals surface area contributed by atoms with E-state index in [4.69, 9.17) is 4.74 Å². The van der Waals surface area contributed by atoms with Crippen LogP contribution in [0.1, 0.15) is 35.2 Å². The fraction of sp³-hybridized carbons (Fsp3) is 0.263. The molecule has 0 saturated heterocycles. The molecule has 0 aliphatic heterocycles. The fourth-order valence-corrected chi connectivity index (χ4v) is 2.98. The van der Waals surface area contributed by atoms with Crippen LogP contribution in [-0.4, -0.2) is 25.3 Å². The molecular formula is C19H18FNO3. The highest BCUT2D eigenvalue weighted by atomic mass is 19.1. The number of ether oxygens (including phenoxy) is 1. The number of rotatable bonds is 4. The third kappa shape index (κ3) is 2.89. The smallest absolute Gasteiger partial charge is 0.264 e. The van der Waals surface area contributed by atoms with Crippen LogP contribution in [0, 0.1) is 5.82 Å². The van der Waals surface area contributed by atoms with E-state index in [1.807, 2.05) is 37.3 Å². The molecule has 1 aliphatic rings. The minimum absolute atomic E-state index is 0.143. The molecule has 2 aromatic carbocycles. The molecule has 124 valence electrons. The van der Waals surface area contributed by atoms with Crippen molar-refractivity contribution in [2.24, 2.45) is 0 Å². The summed E-state index contributed by atoms with van der Waals surface area (Å²) < 4.78 is 19.5. The first-order valence-corrected chi connectivity index (χ1v) is 7.79. The molecule has 24 heavy (non-hydrogen) atoms. The first-order chi connectivity index (χ1) is 11.5. The summed E-state index contributed by atoms with van der Waals surface area (Å²) in [6.45, 7) is 1.59. The maximum absolute atomic E-state index is 14.0. The zero-order chi connectivity index (χ0) is 17.3. The highest BCUT2D eigenvalue weighted by molar-refractivity contribution is 6.04. The second-order valence-corrected chi connectivity index (χ2v) is 5.94. The van der Waals surface area contributed by atoms with Gasteiger partial charge in [-0.1, -0.05) is 25.1 Å². The highest BCUT2D eigenvalue weighted by Gasteiger charge is 2.32. The third-order valence-electron chi connectivity index (χ3n) is 4.29. The molecule has 0 heterocycles. The van der Waals surface area contributed by atoms with Crippen LogP contribution in [0.3, 0.4) is 0 Å². The summed E-state index contributed by atoms with van der Waals surface area (Å²) in [5.74, 6) is -0.689. The number of hydrogen-bond donors (Lipinski definition) is 0. The normalized spacial score (nSPS) is 16.0. The zero-order valence-electron chi connectivity index (χ0n) is 13.6. The Kier molecular flexibility index (Phi) is 4.34. The average Bonchev–Trinajstić information content (AvgIpc) is 2.90. The summed E-state index contributed by atoms with van der Waals surface area (Å²) in [6, 6.07) is 11.9. The average molecular weight is 327 g/mol. The quantitative estimate of drug-likeness (QED) is 0.862. The molecule has 1 amide bonds. The first kappa shape index (κ1) is 16.2. The van der Waals surface area contributed by atoms with Gasteiger partial charge in [0, 0.05) is 24.7 Å². The van der Waals surface area contributed by atoms with Gasteiger partial charge in [-0.05, 0) is 30.2 Å². The number of Topliss-reactive ketones (excluding diaryl/α,β-unsaturated/α-hetero) is 1. The maximum atomic E-state index is 14.0. The number of para-hydroxylation sites is 1. The predicted octanol–water partition coefficient (Wildman–Crippen LogP) is 3.56. The van der Waals surface area contributed by atoms with Crippen molar-refractivity contribution in [2.45, 2.75) is 19.3 Å². The van der Waals surface area contributed by atoms with Crippen LogP contribution >= 0.6 is 0 Å². The Morgan fingerprint density at radius 3 is 2.67 bits per heavy atom. The SMILES string of the molecule is CC1CC(=O)c2c(OCC(=O)N(C)c3ccccc3)ccc(F)c21. The van der Waals surface area contributed by atoms with Crippen LogP contribution in [0.4, 0.5) is 10.1 Å². The summed E-state index contributed by atoms with van der Waals surface area (Å²) in [6.07, 6.45) is 0.268. The Balaban J connectivity index is 1.76. The Morgan fingerprint density at radius 1 is 1.25 bits per heavy atom. The molecule has 5 heteroatoms. The molecule has 0 radical (unpaired) electrons. The number of hydrogen-bond acceptors (Lipinski definition) is 3. The number of anilines is 1. The van der Waals surface area contributed by atoms with E-state index in [1.165, 1.54) is 17.0 Å². The summed E-state index contributed by atoms with van der Waals surface area (Å²) in [7, 11) is 1.66. The van der Waals surface area contributed by atoms with Crippen molar-refractivity contribution < 1.29 is 18.7 Å². The van der Waals surface area contributed by atoms with Gasteiger partial charge >= 0.3 is 0 Å². The van der Waals surface area contributed by atoms with Crippen LogP contribution in [0.15, 0.2) is 42.5 Å². The van der Waals surface area contributed by atoms with E-state index in [2.05, 4.69) is 0 Å². The number of nitrogens with zero attached hydrogens (tertiary/aromatic N) is 1. The van der Waals surface area contributed by atoms with Crippen LogP contribution in [0.25, 0.3) is 0 Å². The number of ketones is 1. The van der Waals surface area contributed by atoms with Gasteiger partial charge in [-0.25, -0.2) is 4.39 Å². The number of likely N-dealkylation sites (N-methyl/N-ethyl adjacent to an activating group) is 1. The van der Waals surface area contributed by atoms with Crippen molar-refractivity contribution in [3.8, 4) is 5.75 Å². The molecule has 1 aliphatic carbocycles. The maximum Gasteiger partial charge on any atom is 0.264 e. The van der Waals surface area contributed by atoms with Gasteiger partial charge in [-0.3, -0.25) is 9.59 Å². The number of benzene rings is 2. The van der Waals surface area contributed by atoms with Crippen LogP contribution in [-0.2, 0) is 4.79 Å². The molecule has 1 atom stereocenters. The Hall–Kier alpha value is -2.69. The van der Waals surface area contributed by atoms with E-state index < -0.39 is 5.82 Å². The lowest BCUT2D eigenvalue weighted by Crippen LogP contribution is -2.31. The summed E-state index contributed by atoms with van der Waals surface area (Å²) in [4.78, 5) is 25.9. The summed E-state index contributed by atoms with van der Waals surface area (Å²) >= 11 is 0. The van der Waals surface area contributed by atoms with Crippen molar-refractivity contribution in [1.82, 2.24) is 0 Å². The van der Waals surface area contributed by atoms with E-state index in [0.717, 1.165) is 5.69 Å². The zero-order valence-corrected chi connectivity index (χ0v) is 13.6. The first-order valence-electron chi connectivity index (χ1n) is 7.79. The molecule has 2 aromatic rings. The largest absolute Gasteiger partial charge is 0.483 e. The summed E-state index contributed by atoms with van der Waals surface area (Å²) in [5.41, 5.74) is 1.42. The lowest BCUT2D eigenvalue weighted by molar-refractivity contribution is -0.120. The summed E-state index contributed by atoms with van der Waals surface area (Å²) in [5, 5.41) is 0. The number of amides is 1. The third-order valence-corrected chi connectivity index (χ3v) is 4.29. The minimum atomic E-state index is -0.400. The number of fused-ring (bicyclic) bond motifs is 1. The molecule has 0 bridgehead atoms. The van der Waals surface area contributed by atoms with Crippen molar-refractivity contribution in [3.05, 3.63) is 59.4 Å². The number of halogens is 1. The van der Waals surface area contributed by atoms with E-state index in [0.29, 0.717) is 5.56 Å². The molecule has 0 spiro atoms. The fourth-order valence-electron chi connectivity index (χ4n) is 2.98.